The maximum Gasteiger partial charge on any atom is 0.323 e. The second-order valence-corrected chi connectivity index (χ2v) is 4.87. The van der Waals surface area contributed by atoms with Crippen LogP contribution < -0.4 is 5.73 Å². The summed E-state index contributed by atoms with van der Waals surface area (Å²) >= 11 is 6.11. The SMILES string of the molecule is COC(=O)[C@@H](N)Cc1cn(Cc2ccccc2Cl)cn1. The summed E-state index contributed by atoms with van der Waals surface area (Å²) in [6.07, 6.45) is 3.90. The number of nitrogens with zero attached hydrogens (tertiary/aromatic N) is 2. The van der Waals surface area contributed by atoms with Crippen molar-refractivity contribution >= 4 is 17.6 Å². The van der Waals surface area contributed by atoms with E-state index in [2.05, 4.69) is 9.72 Å². The van der Waals surface area contributed by atoms with Gasteiger partial charge in [-0.3, -0.25) is 4.79 Å². The Morgan fingerprint density at radius 3 is 2.95 bits per heavy atom. The van der Waals surface area contributed by atoms with Crippen LogP contribution in [0.25, 0.3) is 0 Å². The maximum absolute atomic E-state index is 11.3. The van der Waals surface area contributed by atoms with E-state index < -0.39 is 12.0 Å². The molecule has 0 unspecified atom stereocenters. The lowest BCUT2D eigenvalue weighted by atomic mass is 10.2. The van der Waals surface area contributed by atoms with Crippen molar-refractivity contribution in [1.82, 2.24) is 9.55 Å². The van der Waals surface area contributed by atoms with Gasteiger partial charge in [-0.2, -0.15) is 0 Å². The van der Waals surface area contributed by atoms with Crippen LogP contribution in [0.4, 0.5) is 0 Å². The Bertz CT molecular complexity index is 598. The highest BCUT2D eigenvalue weighted by Gasteiger charge is 2.15. The van der Waals surface area contributed by atoms with Gasteiger partial charge in [0.25, 0.3) is 0 Å². The number of carbonyl (C=O) groups is 1. The Hall–Kier alpha value is -1.85. The number of ether oxygens (including phenoxy) is 1. The Morgan fingerprint density at radius 2 is 2.25 bits per heavy atom. The fourth-order valence-corrected chi connectivity index (χ4v) is 2.08. The second kappa shape index (κ2) is 6.54. The summed E-state index contributed by atoms with van der Waals surface area (Å²) in [5.41, 5.74) is 7.46. The van der Waals surface area contributed by atoms with Crippen LogP contribution in [-0.2, 0) is 22.5 Å². The molecule has 0 amide bonds. The Kier molecular flexibility index (Phi) is 4.76. The first-order chi connectivity index (χ1) is 9.60. The van der Waals surface area contributed by atoms with Crippen LogP contribution in [0.3, 0.4) is 0 Å². The molecular weight excluding hydrogens is 278 g/mol. The minimum absolute atomic E-state index is 0.349. The van der Waals surface area contributed by atoms with E-state index in [1.54, 1.807) is 6.33 Å². The van der Waals surface area contributed by atoms with E-state index in [1.165, 1.54) is 7.11 Å². The summed E-state index contributed by atoms with van der Waals surface area (Å²) in [5.74, 6) is -0.439. The van der Waals surface area contributed by atoms with Crippen LogP contribution in [0, 0.1) is 0 Å². The van der Waals surface area contributed by atoms with Gasteiger partial charge in [0.1, 0.15) is 6.04 Å². The molecule has 5 nitrogen and oxygen atoms in total. The zero-order chi connectivity index (χ0) is 14.5. The van der Waals surface area contributed by atoms with Crippen molar-refractivity contribution in [3.8, 4) is 0 Å². The largest absolute Gasteiger partial charge is 0.468 e. The summed E-state index contributed by atoms with van der Waals surface area (Å²) in [7, 11) is 1.32. The molecule has 6 heteroatoms. The molecule has 1 aromatic heterocycles. The molecule has 2 aromatic rings. The van der Waals surface area contributed by atoms with E-state index in [0.29, 0.717) is 18.0 Å². The van der Waals surface area contributed by atoms with E-state index in [0.717, 1.165) is 11.3 Å². The molecule has 106 valence electrons. The van der Waals surface area contributed by atoms with Crippen LogP contribution >= 0.6 is 11.6 Å². The molecule has 0 saturated carbocycles. The van der Waals surface area contributed by atoms with Gasteiger partial charge in [0.05, 0.1) is 19.1 Å². The van der Waals surface area contributed by atoms with Crippen molar-refractivity contribution < 1.29 is 9.53 Å². The van der Waals surface area contributed by atoms with Gasteiger partial charge in [-0.15, -0.1) is 0 Å². The van der Waals surface area contributed by atoms with Crippen LogP contribution in [0.1, 0.15) is 11.3 Å². The van der Waals surface area contributed by atoms with E-state index in [-0.39, 0.29) is 0 Å². The van der Waals surface area contributed by atoms with Crippen molar-refractivity contribution in [3.05, 3.63) is 53.1 Å². The van der Waals surface area contributed by atoms with Crippen molar-refractivity contribution in [3.63, 3.8) is 0 Å². The van der Waals surface area contributed by atoms with Gasteiger partial charge in [-0.05, 0) is 11.6 Å². The van der Waals surface area contributed by atoms with E-state index in [1.807, 2.05) is 35.0 Å². The number of rotatable bonds is 5. The number of imidazole rings is 1. The van der Waals surface area contributed by atoms with Crippen LogP contribution in [0.15, 0.2) is 36.8 Å². The first-order valence-corrected chi connectivity index (χ1v) is 6.55. The van der Waals surface area contributed by atoms with E-state index in [9.17, 15) is 4.79 Å². The summed E-state index contributed by atoms with van der Waals surface area (Å²) < 4.78 is 6.49. The minimum Gasteiger partial charge on any atom is -0.468 e. The third-order valence-electron chi connectivity index (χ3n) is 2.93. The number of esters is 1. The van der Waals surface area contributed by atoms with Gasteiger partial charge < -0.3 is 15.0 Å². The molecule has 2 rings (SSSR count). The lowest BCUT2D eigenvalue weighted by Gasteiger charge is -2.06. The molecule has 1 aromatic carbocycles. The number of benzene rings is 1. The Morgan fingerprint density at radius 1 is 1.50 bits per heavy atom. The molecule has 0 aliphatic rings. The van der Waals surface area contributed by atoms with Gasteiger partial charge in [0.2, 0.25) is 0 Å². The predicted octanol–water partition coefficient (Wildman–Crippen LogP) is 1.63. The van der Waals surface area contributed by atoms with E-state index in [4.69, 9.17) is 17.3 Å². The van der Waals surface area contributed by atoms with Crippen LogP contribution in [0.5, 0.6) is 0 Å². The summed E-state index contributed by atoms with van der Waals surface area (Å²) in [6, 6.07) is 6.94. The second-order valence-electron chi connectivity index (χ2n) is 4.46. The Labute approximate surface area is 122 Å². The monoisotopic (exact) mass is 293 g/mol. The number of methoxy groups -OCH3 is 1. The summed E-state index contributed by atoms with van der Waals surface area (Å²) in [4.78, 5) is 15.5. The molecule has 20 heavy (non-hydrogen) atoms. The molecule has 0 saturated heterocycles. The number of nitrogens with two attached hydrogens (primary N) is 1. The van der Waals surface area contributed by atoms with Gasteiger partial charge >= 0.3 is 5.97 Å². The van der Waals surface area contributed by atoms with Crippen molar-refractivity contribution in [2.24, 2.45) is 5.73 Å². The first-order valence-electron chi connectivity index (χ1n) is 6.17. The lowest BCUT2D eigenvalue weighted by Crippen LogP contribution is -2.33. The third kappa shape index (κ3) is 3.59. The first kappa shape index (κ1) is 14.6. The van der Waals surface area contributed by atoms with Gasteiger partial charge in [0, 0.05) is 24.2 Å². The molecule has 0 bridgehead atoms. The number of carbonyl (C=O) groups excluding carboxylic acids is 1. The lowest BCUT2D eigenvalue weighted by molar-refractivity contribution is -0.142. The molecule has 0 aliphatic carbocycles. The van der Waals surface area contributed by atoms with Crippen molar-refractivity contribution in [1.29, 1.82) is 0 Å². The van der Waals surface area contributed by atoms with Crippen molar-refractivity contribution in [2.45, 2.75) is 19.0 Å². The minimum atomic E-state index is -0.691. The molecule has 1 atom stereocenters. The predicted molar refractivity (Wildman–Crippen MR) is 76.5 cm³/mol. The zero-order valence-electron chi connectivity index (χ0n) is 11.1. The highest BCUT2D eigenvalue weighted by atomic mass is 35.5. The van der Waals surface area contributed by atoms with Crippen molar-refractivity contribution in [2.75, 3.05) is 7.11 Å². The number of halogens is 1. The quantitative estimate of drug-likeness (QED) is 0.851. The average molecular weight is 294 g/mol. The Balaban J connectivity index is 2.03. The molecule has 1 heterocycles. The highest BCUT2D eigenvalue weighted by molar-refractivity contribution is 6.31. The number of aromatic nitrogens is 2. The third-order valence-corrected chi connectivity index (χ3v) is 3.30. The highest BCUT2D eigenvalue weighted by Crippen LogP contribution is 2.16. The standard InChI is InChI=1S/C14H16ClN3O2/c1-20-14(19)13(16)6-11-8-18(9-17-11)7-10-4-2-3-5-12(10)15/h2-5,8-9,13H,6-7,16H2,1H3/t13-/m0/s1. The number of hydrogen-bond donors (Lipinski definition) is 1. The fraction of sp³-hybridized carbons (Fsp3) is 0.286. The normalized spacial score (nSPS) is 12.2. The van der Waals surface area contributed by atoms with Gasteiger partial charge in [0.15, 0.2) is 0 Å². The fourth-order valence-electron chi connectivity index (χ4n) is 1.88. The molecule has 0 radical (unpaired) electrons. The number of hydrogen-bond acceptors (Lipinski definition) is 4. The maximum atomic E-state index is 11.3. The average Bonchev–Trinajstić information content (AvgIpc) is 2.87. The summed E-state index contributed by atoms with van der Waals surface area (Å²) in [6.45, 7) is 0.625. The molecule has 2 N–H and O–H groups in total. The molecule has 0 aliphatic heterocycles. The van der Waals surface area contributed by atoms with Gasteiger partial charge in [-0.1, -0.05) is 29.8 Å². The van der Waals surface area contributed by atoms with E-state index >= 15 is 0 Å². The topological polar surface area (TPSA) is 70.1 Å². The zero-order valence-corrected chi connectivity index (χ0v) is 11.9. The summed E-state index contributed by atoms with van der Waals surface area (Å²) in [5, 5.41) is 0.717. The molecule has 0 fully saturated rings. The van der Waals surface area contributed by atoms with Crippen LogP contribution in [-0.4, -0.2) is 28.7 Å². The molecular formula is C14H16ClN3O2. The molecule has 0 spiro atoms. The van der Waals surface area contributed by atoms with Crippen LogP contribution in [0.2, 0.25) is 5.02 Å². The van der Waals surface area contributed by atoms with Gasteiger partial charge in [-0.25, -0.2) is 4.98 Å². The smallest absolute Gasteiger partial charge is 0.323 e.